The first-order chi connectivity index (χ1) is 21.8. The van der Waals surface area contributed by atoms with E-state index >= 15 is 0 Å². The van der Waals surface area contributed by atoms with E-state index in [1.807, 2.05) is 0 Å². The highest BCUT2D eigenvalue weighted by Crippen LogP contribution is 2.41. The molecule has 0 N–H and O–H groups in total. The van der Waals surface area contributed by atoms with Gasteiger partial charge in [0.1, 0.15) is 0 Å². The molecule has 0 radical (unpaired) electrons. The number of aryl methyl sites for hydroxylation is 8. The molecule has 0 nitrogen and oxygen atoms in total. The average Bonchev–Trinajstić information content (AvgIpc) is 3.01. The van der Waals surface area contributed by atoms with Crippen molar-refractivity contribution < 1.29 is 0 Å². The third-order valence-electron chi connectivity index (χ3n) is 10.5. The topological polar surface area (TPSA) is 0 Å². The van der Waals surface area contributed by atoms with Crippen molar-refractivity contribution in [3.05, 3.63) is 148 Å². The summed E-state index contributed by atoms with van der Waals surface area (Å²) in [5.41, 5.74) is 18.4. The van der Waals surface area contributed by atoms with Crippen molar-refractivity contribution in [1.82, 2.24) is 0 Å². The molecule has 45 heavy (non-hydrogen) atoms. The number of hydrogen-bond acceptors (Lipinski definition) is 0. The Hall–Kier alpha value is -4.62. The van der Waals surface area contributed by atoms with Crippen molar-refractivity contribution in [3.8, 4) is 11.1 Å². The molecule has 0 aliphatic heterocycles. The van der Waals surface area contributed by atoms with Gasteiger partial charge in [0, 0.05) is 0 Å². The molecular formula is C44H39B. The highest BCUT2D eigenvalue weighted by atomic mass is 14.3. The van der Waals surface area contributed by atoms with Gasteiger partial charge in [0.2, 0.25) is 6.71 Å². The molecule has 8 rings (SSSR count). The molecule has 0 bridgehead atoms. The van der Waals surface area contributed by atoms with E-state index in [2.05, 4.69) is 145 Å². The molecule has 0 saturated carbocycles. The lowest BCUT2D eigenvalue weighted by molar-refractivity contribution is 0.976. The van der Waals surface area contributed by atoms with Crippen LogP contribution in [0.5, 0.6) is 0 Å². The zero-order valence-corrected chi connectivity index (χ0v) is 27.3. The number of fused-ring (bicyclic) bond motifs is 1. The molecule has 1 aliphatic rings. The molecule has 218 valence electrons. The largest absolute Gasteiger partial charge is 0.242 e. The van der Waals surface area contributed by atoms with Crippen LogP contribution in [0.4, 0.5) is 0 Å². The minimum absolute atomic E-state index is 0.184. The minimum atomic E-state index is 0.184. The van der Waals surface area contributed by atoms with Gasteiger partial charge in [-0.25, -0.2) is 0 Å². The van der Waals surface area contributed by atoms with Gasteiger partial charge in [0.25, 0.3) is 0 Å². The van der Waals surface area contributed by atoms with Gasteiger partial charge in [-0.05, 0) is 109 Å². The Bertz CT molecular complexity index is 2230. The normalized spacial score (nSPS) is 12.5. The predicted molar refractivity (Wildman–Crippen MR) is 198 cm³/mol. The summed E-state index contributed by atoms with van der Waals surface area (Å²) in [6.45, 7) is 13.9. The quantitative estimate of drug-likeness (QED) is 0.144. The molecule has 0 spiro atoms. The molecule has 0 atom stereocenters. The third kappa shape index (κ3) is 4.36. The zero-order valence-electron chi connectivity index (χ0n) is 27.3. The van der Waals surface area contributed by atoms with Gasteiger partial charge in [0.15, 0.2) is 0 Å². The van der Waals surface area contributed by atoms with Crippen LogP contribution in [0.25, 0.3) is 43.4 Å². The van der Waals surface area contributed by atoms with Crippen molar-refractivity contribution in [3.63, 3.8) is 0 Å². The van der Waals surface area contributed by atoms with Gasteiger partial charge in [-0.3, -0.25) is 0 Å². The van der Waals surface area contributed by atoms with E-state index in [4.69, 9.17) is 0 Å². The summed E-state index contributed by atoms with van der Waals surface area (Å²) < 4.78 is 0. The molecule has 0 amide bonds. The maximum Gasteiger partial charge on any atom is 0.242 e. The fourth-order valence-corrected chi connectivity index (χ4v) is 8.91. The SMILES string of the molecule is Cc1cc(C)c(B(c2ccc3ccc4ccc(-c5cccc6ccccc56)c5c4c3c2CC5)c2c(C)cc(C)cc2C)c(C)c1. The lowest BCUT2D eigenvalue weighted by Crippen LogP contribution is -2.57. The van der Waals surface area contributed by atoms with Crippen LogP contribution in [0, 0.1) is 41.5 Å². The standard InChI is InChI=1S/C44H39B/c1-26-22-28(3)43(29(4)23-26)45(44-30(5)24-27(2)25-31(44)6)40-21-17-34-15-14-33-16-18-37(38-19-20-39(40)42(34)41(33)38)36-13-9-11-32-10-7-8-12-35(32)36/h7-18,21-25H,19-20H2,1-6H3. The van der Waals surface area contributed by atoms with E-state index in [0.29, 0.717) is 0 Å². The Morgan fingerprint density at radius 3 is 1.60 bits per heavy atom. The third-order valence-corrected chi connectivity index (χ3v) is 10.5. The summed E-state index contributed by atoms with van der Waals surface area (Å²) in [5.74, 6) is 0. The van der Waals surface area contributed by atoms with E-state index in [1.165, 1.54) is 104 Å². The maximum absolute atomic E-state index is 2.46. The molecule has 1 aliphatic carbocycles. The summed E-state index contributed by atoms with van der Waals surface area (Å²) in [6, 6.07) is 39.4. The first-order valence-corrected chi connectivity index (χ1v) is 16.4. The molecule has 1 heteroatoms. The highest BCUT2D eigenvalue weighted by molar-refractivity contribution is 6.97. The van der Waals surface area contributed by atoms with Crippen LogP contribution in [0.1, 0.15) is 44.5 Å². The number of rotatable bonds is 4. The van der Waals surface area contributed by atoms with E-state index in [-0.39, 0.29) is 6.71 Å². The smallest absolute Gasteiger partial charge is 0.0661 e. The summed E-state index contributed by atoms with van der Waals surface area (Å²) in [4.78, 5) is 0. The van der Waals surface area contributed by atoms with Crippen LogP contribution >= 0.6 is 0 Å². The van der Waals surface area contributed by atoms with Crippen molar-refractivity contribution in [2.45, 2.75) is 54.4 Å². The second-order valence-electron chi connectivity index (χ2n) is 13.6. The second-order valence-corrected chi connectivity index (χ2v) is 13.6. The van der Waals surface area contributed by atoms with Gasteiger partial charge in [-0.1, -0.05) is 153 Å². The van der Waals surface area contributed by atoms with Crippen LogP contribution in [-0.4, -0.2) is 6.71 Å². The molecule has 0 unspecified atom stereocenters. The van der Waals surface area contributed by atoms with E-state index in [9.17, 15) is 0 Å². The molecule has 0 heterocycles. The molecule has 0 fully saturated rings. The van der Waals surface area contributed by atoms with E-state index in [1.54, 1.807) is 0 Å². The van der Waals surface area contributed by atoms with Gasteiger partial charge in [0.05, 0.1) is 0 Å². The fourth-order valence-electron chi connectivity index (χ4n) is 8.91. The lowest BCUT2D eigenvalue weighted by Gasteiger charge is -2.29. The summed E-state index contributed by atoms with van der Waals surface area (Å²) >= 11 is 0. The van der Waals surface area contributed by atoms with Crippen LogP contribution in [0.15, 0.2) is 103 Å². The molecule has 0 saturated heterocycles. The van der Waals surface area contributed by atoms with Gasteiger partial charge in [-0.2, -0.15) is 0 Å². The lowest BCUT2D eigenvalue weighted by atomic mass is 9.33. The van der Waals surface area contributed by atoms with Crippen LogP contribution in [-0.2, 0) is 12.8 Å². The monoisotopic (exact) mass is 578 g/mol. The minimum Gasteiger partial charge on any atom is -0.0661 e. The van der Waals surface area contributed by atoms with Gasteiger partial charge >= 0.3 is 0 Å². The van der Waals surface area contributed by atoms with Crippen LogP contribution in [0.3, 0.4) is 0 Å². The predicted octanol–water partition coefficient (Wildman–Crippen LogP) is 9.28. The van der Waals surface area contributed by atoms with E-state index < -0.39 is 0 Å². The van der Waals surface area contributed by atoms with Crippen LogP contribution in [0.2, 0.25) is 0 Å². The van der Waals surface area contributed by atoms with Crippen molar-refractivity contribution in [1.29, 1.82) is 0 Å². The van der Waals surface area contributed by atoms with E-state index in [0.717, 1.165) is 12.8 Å². The Balaban J connectivity index is 1.46. The average molecular weight is 579 g/mol. The molecular weight excluding hydrogens is 539 g/mol. The molecule has 7 aromatic rings. The first-order valence-electron chi connectivity index (χ1n) is 16.4. The van der Waals surface area contributed by atoms with Crippen molar-refractivity contribution >= 4 is 55.4 Å². The Labute approximate surface area is 267 Å². The summed E-state index contributed by atoms with van der Waals surface area (Å²) in [7, 11) is 0. The van der Waals surface area contributed by atoms with Gasteiger partial charge < -0.3 is 0 Å². The Kier molecular flexibility index (Phi) is 6.50. The van der Waals surface area contributed by atoms with Crippen molar-refractivity contribution in [2.75, 3.05) is 0 Å². The summed E-state index contributed by atoms with van der Waals surface area (Å²) in [6.07, 6.45) is 2.09. The first kappa shape index (κ1) is 27.9. The number of benzene rings is 7. The maximum atomic E-state index is 2.46. The summed E-state index contributed by atoms with van der Waals surface area (Å²) in [5, 5.41) is 8.25. The zero-order chi connectivity index (χ0) is 31.0. The van der Waals surface area contributed by atoms with Gasteiger partial charge in [-0.15, -0.1) is 0 Å². The fraction of sp³-hybridized carbons (Fsp3) is 0.182. The Morgan fingerprint density at radius 2 is 0.956 bits per heavy atom. The highest BCUT2D eigenvalue weighted by Gasteiger charge is 2.32. The van der Waals surface area contributed by atoms with Crippen LogP contribution < -0.4 is 16.4 Å². The second kappa shape index (κ2) is 10.5. The Morgan fingerprint density at radius 1 is 0.444 bits per heavy atom. The number of hydrogen-bond donors (Lipinski definition) is 0. The van der Waals surface area contributed by atoms with Crippen molar-refractivity contribution in [2.24, 2.45) is 0 Å². The molecule has 7 aromatic carbocycles. The molecule has 0 aromatic heterocycles.